The first kappa shape index (κ1) is 19.5. The summed E-state index contributed by atoms with van der Waals surface area (Å²) in [6.45, 7) is 3.79. The summed E-state index contributed by atoms with van der Waals surface area (Å²) < 4.78 is 5.59. The van der Waals surface area contributed by atoms with Gasteiger partial charge in [-0.05, 0) is 74.5 Å². The molecule has 0 spiro atoms. The van der Waals surface area contributed by atoms with E-state index in [2.05, 4.69) is 26.0 Å². The molecular formula is C25H24N4O2. The first-order valence-electron chi connectivity index (χ1n) is 10.3. The molecule has 5 rings (SSSR count). The van der Waals surface area contributed by atoms with E-state index >= 15 is 0 Å². The molecule has 31 heavy (non-hydrogen) atoms. The summed E-state index contributed by atoms with van der Waals surface area (Å²) in [5, 5.41) is 10.3. The minimum Gasteiger partial charge on any atom is -0.389 e. The van der Waals surface area contributed by atoms with Gasteiger partial charge in [0.2, 0.25) is 0 Å². The number of rotatable bonds is 3. The lowest BCUT2D eigenvalue weighted by Gasteiger charge is -2.06. The third-order valence-electron chi connectivity index (χ3n) is 5.60. The molecule has 0 aromatic carbocycles. The molecule has 0 saturated carbocycles. The van der Waals surface area contributed by atoms with Crippen molar-refractivity contribution in [2.75, 3.05) is 7.11 Å². The van der Waals surface area contributed by atoms with Crippen LogP contribution in [0.5, 0.6) is 0 Å². The van der Waals surface area contributed by atoms with Crippen molar-refractivity contribution in [1.29, 1.82) is 0 Å². The van der Waals surface area contributed by atoms with Crippen molar-refractivity contribution in [2.24, 2.45) is 0 Å². The summed E-state index contributed by atoms with van der Waals surface area (Å²) in [6, 6.07) is 12.0. The summed E-state index contributed by atoms with van der Waals surface area (Å²) in [6.07, 6.45) is 7.23. The Labute approximate surface area is 180 Å². The molecule has 2 atom stereocenters. The second-order valence-electron chi connectivity index (χ2n) is 7.91. The van der Waals surface area contributed by atoms with Crippen LogP contribution in [-0.4, -0.2) is 32.2 Å². The van der Waals surface area contributed by atoms with E-state index in [1.807, 2.05) is 61.6 Å². The number of aliphatic hydroxyl groups is 1. The molecule has 8 bridgehead atoms. The molecule has 2 aliphatic heterocycles. The Hall–Kier alpha value is -3.48. The van der Waals surface area contributed by atoms with E-state index in [-0.39, 0.29) is 6.10 Å². The zero-order valence-electron chi connectivity index (χ0n) is 17.7. The number of aromatic amines is 2. The summed E-state index contributed by atoms with van der Waals surface area (Å²) >= 11 is 0. The lowest BCUT2D eigenvalue weighted by Crippen LogP contribution is -1.93. The smallest absolute Gasteiger partial charge is 0.0813 e. The van der Waals surface area contributed by atoms with Gasteiger partial charge in [-0.1, -0.05) is 0 Å². The summed E-state index contributed by atoms with van der Waals surface area (Å²) in [5.74, 6) is 0. The van der Waals surface area contributed by atoms with Crippen molar-refractivity contribution < 1.29 is 9.84 Å². The fraction of sp³-hybridized carbons (Fsp3) is 0.200. The van der Waals surface area contributed by atoms with Crippen LogP contribution >= 0.6 is 0 Å². The SMILES string of the molecule is COC(C)c1cc2cc3nc(cc4nc(cc5[nH]c(cc5C(C)O)cc1[nH]2)C=C4)C=C3. The van der Waals surface area contributed by atoms with Gasteiger partial charge in [-0.2, -0.15) is 0 Å². The zero-order chi connectivity index (χ0) is 21.5. The quantitative estimate of drug-likeness (QED) is 0.369. The number of nitrogens with zero attached hydrogens (tertiary/aromatic N) is 2. The highest BCUT2D eigenvalue weighted by atomic mass is 16.5. The number of hydrogen-bond donors (Lipinski definition) is 3. The third kappa shape index (κ3) is 3.83. The molecule has 0 amide bonds. The van der Waals surface area contributed by atoms with E-state index in [4.69, 9.17) is 4.74 Å². The maximum atomic E-state index is 10.3. The highest BCUT2D eigenvalue weighted by molar-refractivity contribution is 5.79. The Bertz CT molecular complexity index is 1380. The van der Waals surface area contributed by atoms with Crippen LogP contribution in [0.2, 0.25) is 0 Å². The summed E-state index contributed by atoms with van der Waals surface area (Å²) in [4.78, 5) is 16.3. The van der Waals surface area contributed by atoms with Crippen LogP contribution < -0.4 is 0 Å². The predicted octanol–water partition coefficient (Wildman–Crippen LogP) is 5.42. The van der Waals surface area contributed by atoms with Gasteiger partial charge in [0.15, 0.2) is 0 Å². The Kier molecular flexibility index (Phi) is 4.81. The molecule has 6 nitrogen and oxygen atoms in total. The Morgan fingerprint density at radius 3 is 1.84 bits per heavy atom. The fourth-order valence-electron chi connectivity index (χ4n) is 3.95. The molecule has 3 aromatic rings. The normalized spacial score (nSPS) is 14.7. The van der Waals surface area contributed by atoms with Crippen LogP contribution in [0.3, 0.4) is 0 Å². The van der Waals surface area contributed by atoms with E-state index < -0.39 is 6.10 Å². The summed E-state index contributed by atoms with van der Waals surface area (Å²) in [5.41, 5.74) is 8.90. The van der Waals surface area contributed by atoms with Crippen LogP contribution in [0.1, 0.15) is 60.0 Å². The number of fused-ring (bicyclic) bond motifs is 8. The van der Waals surface area contributed by atoms with Crippen LogP contribution in [-0.2, 0) is 4.74 Å². The van der Waals surface area contributed by atoms with Gasteiger partial charge in [0.1, 0.15) is 0 Å². The van der Waals surface area contributed by atoms with E-state index in [9.17, 15) is 5.11 Å². The maximum Gasteiger partial charge on any atom is 0.0813 e. The van der Waals surface area contributed by atoms with Crippen LogP contribution in [0.25, 0.3) is 46.4 Å². The van der Waals surface area contributed by atoms with Crippen LogP contribution in [0.15, 0.2) is 36.4 Å². The van der Waals surface area contributed by atoms with Gasteiger partial charge in [0, 0.05) is 40.3 Å². The average Bonchev–Trinajstić information content (AvgIpc) is 3.51. The number of hydrogen-bond acceptors (Lipinski definition) is 4. The number of ether oxygens (including phenoxy) is 1. The number of H-pyrrole nitrogens is 2. The van der Waals surface area contributed by atoms with Crippen molar-refractivity contribution in [3.8, 4) is 0 Å². The maximum absolute atomic E-state index is 10.3. The Morgan fingerprint density at radius 1 is 0.710 bits per heavy atom. The fourth-order valence-corrected chi connectivity index (χ4v) is 3.95. The van der Waals surface area contributed by atoms with Gasteiger partial charge in [0.05, 0.1) is 35.0 Å². The number of aliphatic hydroxyl groups excluding tert-OH is 1. The zero-order valence-corrected chi connectivity index (χ0v) is 17.7. The summed E-state index contributed by atoms with van der Waals surface area (Å²) in [7, 11) is 1.70. The minimum absolute atomic E-state index is 0.0768. The largest absolute Gasteiger partial charge is 0.389 e. The molecule has 156 valence electrons. The Morgan fingerprint density at radius 2 is 1.23 bits per heavy atom. The molecule has 3 aromatic heterocycles. The second-order valence-corrected chi connectivity index (χ2v) is 7.91. The van der Waals surface area contributed by atoms with Gasteiger partial charge in [-0.15, -0.1) is 0 Å². The molecule has 3 N–H and O–H groups in total. The lowest BCUT2D eigenvalue weighted by atomic mass is 10.1. The molecule has 2 unspecified atom stereocenters. The topological polar surface area (TPSA) is 86.8 Å². The molecule has 0 fully saturated rings. The van der Waals surface area contributed by atoms with Crippen molar-refractivity contribution >= 4 is 46.4 Å². The van der Waals surface area contributed by atoms with Gasteiger partial charge in [-0.25, -0.2) is 9.97 Å². The van der Waals surface area contributed by atoms with Crippen molar-refractivity contribution in [1.82, 2.24) is 19.9 Å². The molecule has 0 aliphatic carbocycles. The lowest BCUT2D eigenvalue weighted by molar-refractivity contribution is 0.121. The van der Waals surface area contributed by atoms with Crippen molar-refractivity contribution in [3.05, 3.63) is 70.3 Å². The van der Waals surface area contributed by atoms with Crippen molar-refractivity contribution in [3.63, 3.8) is 0 Å². The highest BCUT2D eigenvalue weighted by Crippen LogP contribution is 2.27. The second kappa shape index (κ2) is 7.65. The van der Waals surface area contributed by atoms with Gasteiger partial charge in [-0.3, -0.25) is 0 Å². The van der Waals surface area contributed by atoms with Gasteiger partial charge >= 0.3 is 0 Å². The number of nitrogens with one attached hydrogen (secondary N) is 2. The first-order chi connectivity index (χ1) is 15.0. The van der Waals surface area contributed by atoms with Crippen LogP contribution in [0.4, 0.5) is 0 Å². The van der Waals surface area contributed by atoms with E-state index in [0.717, 1.165) is 56.0 Å². The Balaban J connectivity index is 1.87. The molecule has 0 radical (unpaired) electrons. The van der Waals surface area contributed by atoms with Crippen LogP contribution in [0, 0.1) is 0 Å². The monoisotopic (exact) mass is 412 g/mol. The molecule has 5 heterocycles. The molecular weight excluding hydrogens is 388 g/mol. The van der Waals surface area contributed by atoms with E-state index in [1.165, 1.54) is 0 Å². The minimum atomic E-state index is -0.607. The number of methoxy groups -OCH3 is 1. The van der Waals surface area contributed by atoms with E-state index in [0.29, 0.717) is 0 Å². The predicted molar refractivity (Wildman–Crippen MR) is 125 cm³/mol. The molecule has 2 aliphatic rings. The average molecular weight is 412 g/mol. The first-order valence-corrected chi connectivity index (χ1v) is 10.3. The number of aromatic nitrogens is 4. The van der Waals surface area contributed by atoms with Crippen molar-refractivity contribution in [2.45, 2.75) is 26.1 Å². The third-order valence-corrected chi connectivity index (χ3v) is 5.60. The van der Waals surface area contributed by atoms with E-state index in [1.54, 1.807) is 14.0 Å². The highest BCUT2D eigenvalue weighted by Gasteiger charge is 2.12. The standard InChI is InChI=1S/C25H24N4O2/c1-14(30)22-10-21-13-25-23(15(2)31-3)11-20(28-25)9-18-5-4-16(26-18)8-17-6-7-19(27-17)12-24(22)29-21/h4-15,28-30H,1-3H3. The molecule has 6 heteroatoms. The van der Waals surface area contributed by atoms with Gasteiger partial charge in [0.25, 0.3) is 0 Å². The van der Waals surface area contributed by atoms with Gasteiger partial charge < -0.3 is 19.8 Å². The molecule has 0 saturated heterocycles.